The lowest BCUT2D eigenvalue weighted by atomic mass is 9.92. The summed E-state index contributed by atoms with van der Waals surface area (Å²) in [5.74, 6) is 0.0464. The molecule has 1 unspecified atom stereocenters. The number of nitrogens with zero attached hydrogens (tertiary/aromatic N) is 3. The third-order valence-electron chi connectivity index (χ3n) is 4.61. The van der Waals surface area contributed by atoms with Gasteiger partial charge in [0.15, 0.2) is 0 Å². The molecule has 1 aliphatic rings. The van der Waals surface area contributed by atoms with Crippen LogP contribution >= 0.6 is 11.3 Å². The van der Waals surface area contributed by atoms with E-state index in [9.17, 15) is 4.79 Å². The van der Waals surface area contributed by atoms with Gasteiger partial charge in [-0.3, -0.25) is 9.48 Å². The van der Waals surface area contributed by atoms with Crippen LogP contribution < -0.4 is 0 Å². The molecule has 0 saturated heterocycles. The largest absolute Gasteiger partial charge is 0.342 e. The summed E-state index contributed by atoms with van der Waals surface area (Å²) >= 11 is 1.63. The Kier molecular flexibility index (Phi) is 3.07. The van der Waals surface area contributed by atoms with E-state index < -0.39 is 0 Å². The number of rotatable bonds is 2. The van der Waals surface area contributed by atoms with E-state index in [0.29, 0.717) is 5.69 Å². The molecule has 1 amide bonds. The Bertz CT molecular complexity index is 815. The van der Waals surface area contributed by atoms with Crippen molar-refractivity contribution >= 4 is 27.5 Å². The predicted octanol–water partition coefficient (Wildman–Crippen LogP) is 3.11. The molecule has 22 heavy (non-hydrogen) atoms. The molecule has 0 aliphatic heterocycles. The molecule has 0 spiro atoms. The number of hydrogen-bond donors (Lipinski definition) is 1. The van der Waals surface area contributed by atoms with Crippen LogP contribution in [0, 0.1) is 0 Å². The third-order valence-corrected chi connectivity index (χ3v) is 5.45. The van der Waals surface area contributed by atoms with Crippen molar-refractivity contribution in [3.05, 3.63) is 40.7 Å². The minimum absolute atomic E-state index is 0.0464. The molecule has 3 aromatic heterocycles. The zero-order valence-electron chi connectivity index (χ0n) is 12.7. The number of carbonyl (C=O) groups excluding carboxylic acids is 1. The fourth-order valence-electron chi connectivity index (χ4n) is 3.38. The van der Waals surface area contributed by atoms with Crippen LogP contribution in [-0.4, -0.2) is 32.6 Å². The first-order chi connectivity index (χ1) is 10.6. The maximum atomic E-state index is 12.8. The molecule has 0 bridgehead atoms. The summed E-state index contributed by atoms with van der Waals surface area (Å²) in [5, 5.41) is 7.50. The Morgan fingerprint density at radius 3 is 3.23 bits per heavy atom. The Morgan fingerprint density at radius 1 is 1.55 bits per heavy atom. The lowest BCUT2D eigenvalue weighted by Crippen LogP contribution is -2.33. The predicted molar refractivity (Wildman–Crippen MR) is 87.2 cm³/mol. The monoisotopic (exact) mass is 314 g/mol. The molecule has 3 aromatic rings. The van der Waals surface area contributed by atoms with Crippen molar-refractivity contribution in [2.75, 3.05) is 7.05 Å². The van der Waals surface area contributed by atoms with Crippen LogP contribution in [0.5, 0.6) is 0 Å². The Morgan fingerprint density at radius 2 is 2.41 bits per heavy atom. The van der Waals surface area contributed by atoms with Crippen molar-refractivity contribution < 1.29 is 4.79 Å². The first-order valence-electron chi connectivity index (χ1n) is 7.49. The summed E-state index contributed by atoms with van der Waals surface area (Å²) in [6.45, 7) is 0. The van der Waals surface area contributed by atoms with E-state index in [4.69, 9.17) is 0 Å². The van der Waals surface area contributed by atoms with Gasteiger partial charge in [-0.2, -0.15) is 5.10 Å². The summed E-state index contributed by atoms with van der Waals surface area (Å²) in [5.41, 5.74) is 3.11. The van der Waals surface area contributed by atoms with Crippen LogP contribution in [0.1, 0.15) is 40.6 Å². The zero-order valence-corrected chi connectivity index (χ0v) is 13.5. The SMILES string of the molecule is CN(C(=O)c1cc2ccsc2[nH]1)C1CCCc2c1cnn2C. The van der Waals surface area contributed by atoms with Crippen molar-refractivity contribution in [1.29, 1.82) is 0 Å². The van der Waals surface area contributed by atoms with E-state index in [2.05, 4.69) is 10.1 Å². The zero-order chi connectivity index (χ0) is 15.3. The Labute approximate surface area is 132 Å². The highest BCUT2D eigenvalue weighted by Crippen LogP contribution is 2.34. The lowest BCUT2D eigenvalue weighted by molar-refractivity contribution is 0.0709. The number of aryl methyl sites for hydroxylation is 1. The fraction of sp³-hybridized carbons (Fsp3) is 0.375. The quantitative estimate of drug-likeness (QED) is 0.790. The van der Waals surface area contributed by atoms with Gasteiger partial charge in [0.2, 0.25) is 0 Å². The number of hydrogen-bond acceptors (Lipinski definition) is 3. The molecule has 0 radical (unpaired) electrons. The highest BCUT2D eigenvalue weighted by atomic mass is 32.1. The highest BCUT2D eigenvalue weighted by Gasteiger charge is 2.30. The number of nitrogens with one attached hydrogen (secondary N) is 1. The molecule has 1 atom stereocenters. The lowest BCUT2D eigenvalue weighted by Gasteiger charge is -2.31. The molecule has 0 fully saturated rings. The summed E-state index contributed by atoms with van der Waals surface area (Å²) in [6, 6.07) is 4.09. The fourth-order valence-corrected chi connectivity index (χ4v) is 4.16. The van der Waals surface area contributed by atoms with Crippen molar-refractivity contribution in [2.24, 2.45) is 7.05 Å². The van der Waals surface area contributed by atoms with Crippen molar-refractivity contribution in [3.63, 3.8) is 0 Å². The van der Waals surface area contributed by atoms with Crippen molar-refractivity contribution in [3.8, 4) is 0 Å². The first-order valence-corrected chi connectivity index (χ1v) is 8.37. The standard InChI is InChI=1S/C16H18N4OS/c1-19(13-4-3-5-14-11(13)9-17-20(14)2)16(21)12-8-10-6-7-22-15(10)18-12/h6-9,13,18H,3-5H2,1-2H3. The van der Waals surface area contributed by atoms with Gasteiger partial charge in [0.25, 0.3) is 5.91 Å². The van der Waals surface area contributed by atoms with Crippen LogP contribution in [0.15, 0.2) is 23.7 Å². The molecule has 0 aromatic carbocycles. The van der Waals surface area contributed by atoms with Crippen LogP contribution in [0.2, 0.25) is 0 Å². The second-order valence-electron chi connectivity index (χ2n) is 5.88. The summed E-state index contributed by atoms with van der Waals surface area (Å²) in [7, 11) is 3.87. The molecular formula is C16H18N4OS. The van der Waals surface area contributed by atoms with Gasteiger partial charge in [-0.05, 0) is 36.8 Å². The number of H-pyrrole nitrogens is 1. The maximum Gasteiger partial charge on any atom is 0.270 e. The first kappa shape index (κ1) is 13.6. The minimum Gasteiger partial charge on any atom is -0.342 e. The number of thiophene rings is 1. The van der Waals surface area contributed by atoms with Crippen LogP contribution in [0.3, 0.4) is 0 Å². The van der Waals surface area contributed by atoms with Gasteiger partial charge in [-0.1, -0.05) is 0 Å². The third kappa shape index (κ3) is 1.98. The number of amides is 1. The summed E-state index contributed by atoms with van der Waals surface area (Å²) in [6.07, 6.45) is 5.05. The molecular weight excluding hydrogens is 296 g/mol. The van der Waals surface area contributed by atoms with Crippen molar-refractivity contribution in [1.82, 2.24) is 19.7 Å². The topological polar surface area (TPSA) is 53.9 Å². The highest BCUT2D eigenvalue weighted by molar-refractivity contribution is 7.16. The van der Waals surface area contributed by atoms with Gasteiger partial charge in [0.1, 0.15) is 10.5 Å². The molecule has 5 nitrogen and oxygen atoms in total. The average molecular weight is 314 g/mol. The van der Waals surface area contributed by atoms with Crippen LogP contribution in [0.25, 0.3) is 10.2 Å². The molecule has 4 rings (SSSR count). The number of aromatic amines is 1. The van der Waals surface area contributed by atoms with E-state index in [1.807, 2.05) is 47.4 Å². The van der Waals surface area contributed by atoms with Gasteiger partial charge >= 0.3 is 0 Å². The molecule has 6 heteroatoms. The second-order valence-corrected chi connectivity index (χ2v) is 6.80. The number of carbonyl (C=O) groups is 1. The maximum absolute atomic E-state index is 12.8. The summed E-state index contributed by atoms with van der Waals surface area (Å²) in [4.78, 5) is 18.9. The second kappa shape index (κ2) is 4.98. The Hall–Kier alpha value is -2.08. The van der Waals surface area contributed by atoms with Crippen LogP contribution in [-0.2, 0) is 13.5 Å². The smallest absolute Gasteiger partial charge is 0.270 e. The molecule has 0 saturated carbocycles. The molecule has 1 aliphatic carbocycles. The average Bonchev–Trinajstić information content (AvgIpc) is 3.20. The Balaban J connectivity index is 1.65. The molecule has 1 N–H and O–H groups in total. The van der Waals surface area contributed by atoms with Gasteiger partial charge in [-0.25, -0.2) is 0 Å². The van der Waals surface area contributed by atoms with E-state index in [1.165, 1.54) is 11.3 Å². The number of aromatic nitrogens is 3. The normalized spacial score (nSPS) is 17.6. The van der Waals surface area contributed by atoms with E-state index >= 15 is 0 Å². The van der Waals surface area contributed by atoms with E-state index in [-0.39, 0.29) is 11.9 Å². The van der Waals surface area contributed by atoms with Gasteiger partial charge in [0, 0.05) is 30.7 Å². The van der Waals surface area contributed by atoms with Gasteiger partial charge in [0.05, 0.1) is 12.2 Å². The van der Waals surface area contributed by atoms with E-state index in [0.717, 1.165) is 29.5 Å². The van der Waals surface area contributed by atoms with Gasteiger partial charge < -0.3 is 9.88 Å². The number of fused-ring (bicyclic) bond motifs is 2. The summed E-state index contributed by atoms with van der Waals surface area (Å²) < 4.78 is 1.93. The minimum atomic E-state index is 0.0464. The molecule has 3 heterocycles. The molecule has 114 valence electrons. The van der Waals surface area contributed by atoms with Gasteiger partial charge in [-0.15, -0.1) is 11.3 Å². The van der Waals surface area contributed by atoms with Crippen molar-refractivity contribution in [2.45, 2.75) is 25.3 Å². The van der Waals surface area contributed by atoms with E-state index in [1.54, 1.807) is 11.3 Å². The van der Waals surface area contributed by atoms with Crippen LogP contribution in [0.4, 0.5) is 0 Å².